The fourth-order valence-electron chi connectivity index (χ4n) is 1.51. The van der Waals surface area contributed by atoms with Gasteiger partial charge < -0.3 is 0 Å². The maximum Gasteiger partial charge on any atom is -0.0218 e. The molecule has 1 unspecified atom stereocenters. The van der Waals surface area contributed by atoms with Crippen molar-refractivity contribution in [3.63, 3.8) is 0 Å². The summed E-state index contributed by atoms with van der Waals surface area (Å²) in [6.45, 7) is 6.56. The van der Waals surface area contributed by atoms with Crippen molar-refractivity contribution in [1.29, 1.82) is 0 Å². The zero-order valence-corrected chi connectivity index (χ0v) is 7.20. The lowest BCUT2D eigenvalue weighted by Gasteiger charge is -1.92. The van der Waals surface area contributed by atoms with Crippen molar-refractivity contribution in [2.45, 2.75) is 40.0 Å². The highest BCUT2D eigenvalue weighted by molar-refractivity contribution is 5.10. The standard InChI is InChI=1S/C10H16/c1-8(2)6-10-5-4-9(3)7-10/h9H,4-5,7H2,1-3H3. The highest BCUT2D eigenvalue weighted by atomic mass is 14.2. The van der Waals surface area contributed by atoms with Crippen LogP contribution in [0.5, 0.6) is 0 Å². The average molecular weight is 136 g/mol. The number of hydrogen-bond donors (Lipinski definition) is 0. The van der Waals surface area contributed by atoms with Gasteiger partial charge in [0.15, 0.2) is 0 Å². The van der Waals surface area contributed by atoms with Crippen molar-refractivity contribution in [3.05, 3.63) is 16.9 Å². The van der Waals surface area contributed by atoms with Gasteiger partial charge >= 0.3 is 0 Å². The van der Waals surface area contributed by atoms with Crippen molar-refractivity contribution in [2.75, 3.05) is 0 Å². The maximum atomic E-state index is 3.41. The van der Waals surface area contributed by atoms with E-state index >= 15 is 0 Å². The SMILES string of the molecule is CC(C)=C=C1CCC(C)C1. The molecule has 10 heavy (non-hydrogen) atoms. The normalized spacial score (nSPS) is 24.7. The minimum atomic E-state index is 0.904. The van der Waals surface area contributed by atoms with Crippen molar-refractivity contribution < 1.29 is 0 Å². The van der Waals surface area contributed by atoms with Gasteiger partial charge in [0, 0.05) is 0 Å². The third-order valence-electron chi connectivity index (χ3n) is 1.96. The smallest absolute Gasteiger partial charge is 0.0218 e. The average Bonchev–Trinajstić information content (AvgIpc) is 2.13. The van der Waals surface area contributed by atoms with Crippen LogP contribution in [0, 0.1) is 5.92 Å². The van der Waals surface area contributed by atoms with E-state index in [0.717, 1.165) is 5.92 Å². The zero-order valence-electron chi connectivity index (χ0n) is 7.20. The molecule has 0 aromatic carbocycles. The predicted octanol–water partition coefficient (Wildman–Crippen LogP) is 3.30. The summed E-state index contributed by atoms with van der Waals surface area (Å²) in [6, 6.07) is 0. The Kier molecular flexibility index (Phi) is 2.34. The van der Waals surface area contributed by atoms with E-state index < -0.39 is 0 Å². The molecule has 56 valence electrons. The van der Waals surface area contributed by atoms with Crippen LogP contribution in [0.2, 0.25) is 0 Å². The fraction of sp³-hybridized carbons (Fsp3) is 0.700. The van der Waals surface area contributed by atoms with Crippen LogP contribution < -0.4 is 0 Å². The van der Waals surface area contributed by atoms with Gasteiger partial charge in [0.1, 0.15) is 0 Å². The van der Waals surface area contributed by atoms with Gasteiger partial charge in [-0.1, -0.05) is 6.92 Å². The highest BCUT2D eigenvalue weighted by Crippen LogP contribution is 2.28. The first-order valence-corrected chi connectivity index (χ1v) is 4.10. The second-order valence-corrected chi connectivity index (χ2v) is 3.58. The molecule has 0 spiro atoms. The Hall–Kier alpha value is -0.480. The van der Waals surface area contributed by atoms with E-state index in [9.17, 15) is 0 Å². The minimum Gasteiger partial charge on any atom is -0.123 e. The zero-order chi connectivity index (χ0) is 7.56. The van der Waals surface area contributed by atoms with E-state index in [1.54, 1.807) is 0 Å². The highest BCUT2D eigenvalue weighted by Gasteiger charge is 2.13. The molecule has 0 bridgehead atoms. The topological polar surface area (TPSA) is 0 Å². The summed E-state index contributed by atoms with van der Waals surface area (Å²) in [7, 11) is 0. The van der Waals surface area contributed by atoms with Gasteiger partial charge in [0.05, 0.1) is 0 Å². The van der Waals surface area contributed by atoms with Gasteiger partial charge in [0.2, 0.25) is 0 Å². The largest absolute Gasteiger partial charge is 0.123 e. The Bertz CT molecular complexity index is 176. The minimum absolute atomic E-state index is 0.904. The molecule has 1 saturated carbocycles. The number of hydrogen-bond acceptors (Lipinski definition) is 0. The Balaban J connectivity index is 2.69. The van der Waals surface area contributed by atoms with Crippen molar-refractivity contribution in [3.8, 4) is 0 Å². The Morgan fingerprint density at radius 2 is 2.20 bits per heavy atom. The molecule has 0 nitrogen and oxygen atoms in total. The molecule has 0 aromatic heterocycles. The molecule has 0 amide bonds. The van der Waals surface area contributed by atoms with E-state index in [0.29, 0.717) is 0 Å². The molecular formula is C10H16. The number of allylic oxidation sites excluding steroid dienone is 1. The summed E-state index contributed by atoms with van der Waals surface area (Å²) in [5.74, 6) is 0.904. The fourth-order valence-corrected chi connectivity index (χ4v) is 1.51. The lowest BCUT2D eigenvalue weighted by molar-refractivity contribution is 0.620. The summed E-state index contributed by atoms with van der Waals surface area (Å²) in [6.07, 6.45) is 3.94. The Morgan fingerprint density at radius 3 is 2.60 bits per heavy atom. The summed E-state index contributed by atoms with van der Waals surface area (Å²) in [5.41, 5.74) is 6.26. The monoisotopic (exact) mass is 136 g/mol. The molecule has 0 aromatic rings. The molecule has 0 radical (unpaired) electrons. The van der Waals surface area contributed by atoms with E-state index in [1.165, 1.54) is 30.4 Å². The molecule has 1 aliphatic carbocycles. The Morgan fingerprint density at radius 1 is 1.50 bits per heavy atom. The molecule has 1 atom stereocenters. The van der Waals surface area contributed by atoms with Crippen LogP contribution in [-0.4, -0.2) is 0 Å². The van der Waals surface area contributed by atoms with Gasteiger partial charge in [-0.25, -0.2) is 0 Å². The first-order valence-electron chi connectivity index (χ1n) is 4.10. The molecule has 1 aliphatic rings. The van der Waals surface area contributed by atoms with Gasteiger partial charge in [-0.2, -0.15) is 0 Å². The molecule has 0 aliphatic heterocycles. The van der Waals surface area contributed by atoms with Crippen LogP contribution in [0.15, 0.2) is 16.9 Å². The van der Waals surface area contributed by atoms with Crippen LogP contribution >= 0.6 is 0 Å². The molecule has 1 fully saturated rings. The van der Waals surface area contributed by atoms with Crippen LogP contribution in [0.1, 0.15) is 40.0 Å². The molecular weight excluding hydrogens is 120 g/mol. The van der Waals surface area contributed by atoms with E-state index in [1.807, 2.05) is 0 Å². The van der Waals surface area contributed by atoms with Crippen molar-refractivity contribution in [1.82, 2.24) is 0 Å². The van der Waals surface area contributed by atoms with E-state index in [2.05, 4.69) is 26.5 Å². The number of rotatable bonds is 0. The molecule has 0 heterocycles. The van der Waals surface area contributed by atoms with Gasteiger partial charge in [-0.15, -0.1) is 5.73 Å². The second kappa shape index (κ2) is 3.07. The molecule has 1 rings (SSSR count). The third kappa shape index (κ3) is 2.04. The first-order chi connectivity index (χ1) is 4.68. The summed E-state index contributed by atoms with van der Waals surface area (Å²) in [5, 5.41) is 0. The van der Waals surface area contributed by atoms with Crippen LogP contribution in [0.25, 0.3) is 0 Å². The second-order valence-electron chi connectivity index (χ2n) is 3.58. The van der Waals surface area contributed by atoms with Gasteiger partial charge in [0.25, 0.3) is 0 Å². The van der Waals surface area contributed by atoms with Crippen LogP contribution in [0.4, 0.5) is 0 Å². The van der Waals surface area contributed by atoms with Gasteiger partial charge in [-0.3, -0.25) is 0 Å². The van der Waals surface area contributed by atoms with Crippen LogP contribution in [0.3, 0.4) is 0 Å². The predicted molar refractivity (Wildman–Crippen MR) is 44.9 cm³/mol. The lowest BCUT2D eigenvalue weighted by atomic mass is 10.1. The molecule has 0 saturated heterocycles. The molecule has 0 N–H and O–H groups in total. The molecule has 0 heteroatoms. The first kappa shape index (κ1) is 7.63. The van der Waals surface area contributed by atoms with Crippen molar-refractivity contribution in [2.24, 2.45) is 5.92 Å². The Labute approximate surface area is 63.6 Å². The van der Waals surface area contributed by atoms with Gasteiger partial charge in [-0.05, 0) is 50.2 Å². The van der Waals surface area contributed by atoms with E-state index in [4.69, 9.17) is 0 Å². The lowest BCUT2D eigenvalue weighted by Crippen LogP contribution is -1.79. The third-order valence-corrected chi connectivity index (χ3v) is 1.96. The summed E-state index contributed by atoms with van der Waals surface area (Å²) in [4.78, 5) is 0. The quantitative estimate of drug-likeness (QED) is 0.448. The van der Waals surface area contributed by atoms with Crippen molar-refractivity contribution >= 4 is 0 Å². The van der Waals surface area contributed by atoms with E-state index in [-0.39, 0.29) is 0 Å². The van der Waals surface area contributed by atoms with Crippen LogP contribution in [-0.2, 0) is 0 Å². The summed E-state index contributed by atoms with van der Waals surface area (Å²) >= 11 is 0. The summed E-state index contributed by atoms with van der Waals surface area (Å²) < 4.78 is 0. The maximum absolute atomic E-state index is 3.41.